The summed E-state index contributed by atoms with van der Waals surface area (Å²) < 4.78 is 1.80. The van der Waals surface area contributed by atoms with Crippen molar-refractivity contribution in [3.63, 3.8) is 0 Å². The first kappa shape index (κ1) is 21.7. The maximum Gasteiger partial charge on any atom is 0.335 e. The Morgan fingerprint density at radius 2 is 1.76 bits per heavy atom. The van der Waals surface area contributed by atoms with E-state index in [2.05, 4.69) is 10.3 Å². The van der Waals surface area contributed by atoms with Gasteiger partial charge in [-0.2, -0.15) is 0 Å². The first-order valence-corrected chi connectivity index (χ1v) is 12.3. The first-order chi connectivity index (χ1) is 15.9. The zero-order valence-corrected chi connectivity index (χ0v) is 18.9. The number of carboxylic acids is 2. The largest absolute Gasteiger partial charge is 0.481 e. The average Bonchev–Trinajstić information content (AvgIpc) is 3.51. The van der Waals surface area contributed by atoms with Crippen molar-refractivity contribution >= 4 is 56.8 Å². The van der Waals surface area contributed by atoms with E-state index in [1.165, 1.54) is 11.3 Å². The Hall–Kier alpha value is -3.17. The average molecular weight is 481 g/mol. The minimum atomic E-state index is -0.946. The van der Waals surface area contributed by atoms with E-state index >= 15 is 0 Å². The van der Waals surface area contributed by atoms with E-state index < -0.39 is 23.8 Å². The van der Waals surface area contributed by atoms with E-state index in [1.807, 2.05) is 24.3 Å². The molecule has 3 aromatic rings. The van der Waals surface area contributed by atoms with Gasteiger partial charge in [-0.15, -0.1) is 11.3 Å². The Kier molecular flexibility index (Phi) is 5.67. The summed E-state index contributed by atoms with van der Waals surface area (Å²) >= 11 is 3.08. The van der Waals surface area contributed by atoms with Crippen LogP contribution in [0.5, 0.6) is 0 Å². The van der Waals surface area contributed by atoms with Crippen molar-refractivity contribution in [2.75, 3.05) is 5.32 Å². The molecule has 2 bridgehead atoms. The Morgan fingerprint density at radius 3 is 2.45 bits per heavy atom. The highest BCUT2D eigenvalue weighted by Gasteiger charge is 2.51. The molecule has 2 aliphatic rings. The number of nitrogens with zero attached hydrogens (tertiary/aromatic N) is 1. The molecule has 9 heteroatoms. The van der Waals surface area contributed by atoms with Gasteiger partial charge in [0.2, 0.25) is 5.91 Å². The summed E-state index contributed by atoms with van der Waals surface area (Å²) in [5.74, 6) is -2.74. The molecule has 5 rings (SSSR count). The number of aromatic carboxylic acids is 1. The Labute approximate surface area is 197 Å². The lowest BCUT2D eigenvalue weighted by Gasteiger charge is -2.23. The molecule has 0 aliphatic heterocycles. The molecule has 0 spiro atoms. The lowest BCUT2D eigenvalue weighted by atomic mass is 9.82. The molecule has 4 atom stereocenters. The van der Waals surface area contributed by atoms with Crippen molar-refractivity contribution in [2.45, 2.75) is 16.5 Å². The van der Waals surface area contributed by atoms with E-state index in [0.717, 1.165) is 26.5 Å². The quantitative estimate of drug-likeness (QED) is 0.330. The highest BCUT2D eigenvalue weighted by molar-refractivity contribution is 8.00. The van der Waals surface area contributed by atoms with Gasteiger partial charge in [0.15, 0.2) is 4.34 Å². The second-order valence-electron chi connectivity index (χ2n) is 8.28. The van der Waals surface area contributed by atoms with Gasteiger partial charge in [-0.3, -0.25) is 9.59 Å². The monoisotopic (exact) mass is 480 g/mol. The molecule has 0 unspecified atom stereocenters. The third-order valence-electron chi connectivity index (χ3n) is 6.25. The number of carbonyl (C=O) groups is 3. The molecule has 1 fully saturated rings. The number of fused-ring (bicyclic) bond motifs is 3. The molecule has 2 aromatic carbocycles. The van der Waals surface area contributed by atoms with Crippen LogP contribution in [0.1, 0.15) is 22.3 Å². The van der Waals surface area contributed by atoms with Gasteiger partial charge in [-0.1, -0.05) is 36.0 Å². The smallest absolute Gasteiger partial charge is 0.335 e. The van der Waals surface area contributed by atoms with Crippen LogP contribution in [-0.4, -0.2) is 33.0 Å². The third-order valence-corrected chi connectivity index (χ3v) is 8.48. The van der Waals surface area contributed by atoms with Crippen LogP contribution in [0.2, 0.25) is 0 Å². The molecule has 168 valence electrons. The number of benzene rings is 2. The SMILES string of the molecule is O=C(O)c1ccc(CSc2nc3ccc(NC(=O)[C@@H]4[C@H](C(=O)O)[C@H]5C=C[C@H]4C5)cc3s2)cc1. The van der Waals surface area contributed by atoms with Crippen molar-refractivity contribution < 1.29 is 24.6 Å². The van der Waals surface area contributed by atoms with Crippen molar-refractivity contribution in [3.8, 4) is 0 Å². The molecule has 33 heavy (non-hydrogen) atoms. The van der Waals surface area contributed by atoms with Gasteiger partial charge in [0, 0.05) is 11.4 Å². The molecule has 1 amide bonds. The highest BCUT2D eigenvalue weighted by atomic mass is 32.2. The van der Waals surface area contributed by atoms with Crippen molar-refractivity contribution in [1.29, 1.82) is 0 Å². The van der Waals surface area contributed by atoms with Gasteiger partial charge in [-0.05, 0) is 54.2 Å². The van der Waals surface area contributed by atoms with Gasteiger partial charge in [0.05, 0.1) is 27.6 Å². The van der Waals surface area contributed by atoms with Gasteiger partial charge >= 0.3 is 11.9 Å². The van der Waals surface area contributed by atoms with E-state index in [9.17, 15) is 19.5 Å². The van der Waals surface area contributed by atoms with E-state index in [-0.39, 0.29) is 23.3 Å². The van der Waals surface area contributed by atoms with Crippen LogP contribution in [0.15, 0.2) is 59.0 Å². The molecule has 2 aliphatic carbocycles. The Morgan fingerprint density at radius 1 is 1.03 bits per heavy atom. The predicted octanol–water partition coefficient (Wildman–Crippen LogP) is 4.75. The van der Waals surface area contributed by atoms with Crippen LogP contribution in [0.4, 0.5) is 5.69 Å². The highest BCUT2D eigenvalue weighted by Crippen LogP contribution is 2.48. The summed E-state index contributed by atoms with van der Waals surface area (Å²) in [6.45, 7) is 0. The predicted molar refractivity (Wildman–Crippen MR) is 127 cm³/mol. The number of carboxylic acid groups (broad SMARTS) is 2. The topological polar surface area (TPSA) is 117 Å². The molecular weight excluding hydrogens is 460 g/mol. The molecule has 1 heterocycles. The summed E-state index contributed by atoms with van der Waals surface area (Å²) in [7, 11) is 0. The van der Waals surface area contributed by atoms with Gasteiger partial charge in [-0.25, -0.2) is 9.78 Å². The number of nitrogens with one attached hydrogen (secondary N) is 1. The van der Waals surface area contributed by atoms with Crippen molar-refractivity contribution in [2.24, 2.45) is 23.7 Å². The number of aromatic nitrogens is 1. The van der Waals surface area contributed by atoms with Crippen LogP contribution in [-0.2, 0) is 15.3 Å². The number of rotatable bonds is 7. The second kappa shape index (κ2) is 8.64. The first-order valence-electron chi connectivity index (χ1n) is 10.5. The van der Waals surface area contributed by atoms with E-state index in [1.54, 1.807) is 42.1 Å². The fraction of sp³-hybridized carbons (Fsp3) is 0.250. The Balaban J connectivity index is 1.26. The standard InChI is InChI=1S/C24H20N2O5S2/c27-21(19-14-5-6-15(9-14)20(19)23(30)31)25-16-7-8-17-18(10-16)33-24(26-17)32-11-12-1-3-13(4-2-12)22(28)29/h1-8,10,14-15,19-20H,9,11H2,(H,25,27)(H,28,29)(H,30,31)/t14-,15-,19-,20+/m0/s1. The summed E-state index contributed by atoms with van der Waals surface area (Å²) in [6.07, 6.45) is 4.62. The number of amides is 1. The number of hydrogen-bond acceptors (Lipinski definition) is 6. The van der Waals surface area contributed by atoms with Crippen molar-refractivity contribution in [3.05, 3.63) is 65.7 Å². The number of hydrogen-bond donors (Lipinski definition) is 3. The maximum absolute atomic E-state index is 12.9. The van der Waals surface area contributed by atoms with Gasteiger partial charge in [0.1, 0.15) is 0 Å². The van der Waals surface area contributed by atoms with E-state index in [4.69, 9.17) is 5.11 Å². The van der Waals surface area contributed by atoms with Gasteiger partial charge in [0.25, 0.3) is 0 Å². The Bertz CT molecular complexity index is 1280. The van der Waals surface area contributed by atoms with Crippen LogP contribution in [0.25, 0.3) is 10.2 Å². The summed E-state index contributed by atoms with van der Waals surface area (Å²) in [5, 5.41) is 21.5. The van der Waals surface area contributed by atoms with Crippen LogP contribution < -0.4 is 5.32 Å². The fourth-order valence-electron chi connectivity index (χ4n) is 4.67. The number of carbonyl (C=O) groups excluding carboxylic acids is 1. The van der Waals surface area contributed by atoms with Crippen LogP contribution >= 0.6 is 23.1 Å². The lowest BCUT2D eigenvalue weighted by molar-refractivity contribution is -0.146. The molecule has 7 nitrogen and oxygen atoms in total. The normalized spacial score (nSPS) is 23.2. The second-order valence-corrected chi connectivity index (χ2v) is 10.5. The molecular formula is C24H20N2O5S2. The third kappa shape index (κ3) is 4.26. The number of anilines is 1. The molecule has 0 radical (unpaired) electrons. The minimum absolute atomic E-state index is 0.0178. The minimum Gasteiger partial charge on any atom is -0.481 e. The number of aliphatic carboxylic acids is 1. The van der Waals surface area contributed by atoms with Crippen LogP contribution in [0, 0.1) is 23.7 Å². The summed E-state index contributed by atoms with van der Waals surface area (Å²) in [5.41, 5.74) is 2.72. The van der Waals surface area contributed by atoms with Crippen molar-refractivity contribution in [1.82, 2.24) is 4.98 Å². The lowest BCUT2D eigenvalue weighted by Crippen LogP contribution is -2.36. The van der Waals surface area contributed by atoms with E-state index in [0.29, 0.717) is 11.4 Å². The zero-order chi connectivity index (χ0) is 23.1. The zero-order valence-electron chi connectivity index (χ0n) is 17.3. The number of thioether (sulfide) groups is 1. The van der Waals surface area contributed by atoms with Crippen LogP contribution in [0.3, 0.4) is 0 Å². The summed E-state index contributed by atoms with van der Waals surface area (Å²) in [4.78, 5) is 40.2. The number of thiazole rings is 1. The van der Waals surface area contributed by atoms with Gasteiger partial charge < -0.3 is 15.5 Å². The summed E-state index contributed by atoms with van der Waals surface area (Å²) in [6, 6.07) is 12.3. The fourth-order valence-corrected chi connectivity index (χ4v) is 6.74. The maximum atomic E-state index is 12.9. The molecule has 1 aromatic heterocycles. The number of allylic oxidation sites excluding steroid dienone is 2. The molecule has 1 saturated carbocycles. The molecule has 3 N–H and O–H groups in total. The molecule has 0 saturated heterocycles.